The summed E-state index contributed by atoms with van der Waals surface area (Å²) in [5, 5.41) is 3.16. The van der Waals surface area contributed by atoms with Gasteiger partial charge in [-0.25, -0.2) is 4.98 Å². The predicted octanol–water partition coefficient (Wildman–Crippen LogP) is 3.27. The van der Waals surface area contributed by atoms with Gasteiger partial charge in [0.05, 0.1) is 18.7 Å². The minimum atomic E-state index is -0.137. The van der Waals surface area contributed by atoms with Crippen LogP contribution in [-0.4, -0.2) is 30.6 Å². The molecule has 1 aromatic rings. The Hall–Kier alpha value is -1.10. The van der Waals surface area contributed by atoms with Crippen molar-refractivity contribution in [3.05, 3.63) is 11.1 Å². The molecule has 0 bridgehead atoms. The Bertz CT molecular complexity index is 446. The van der Waals surface area contributed by atoms with Gasteiger partial charge >= 0.3 is 5.97 Å². The van der Waals surface area contributed by atoms with Gasteiger partial charge in [-0.1, -0.05) is 13.8 Å². The second-order valence-corrected chi connectivity index (χ2v) is 6.91. The van der Waals surface area contributed by atoms with Gasteiger partial charge < -0.3 is 9.64 Å². The predicted molar refractivity (Wildman–Crippen MR) is 82.3 cm³/mol. The molecule has 4 nitrogen and oxygen atoms in total. The zero-order chi connectivity index (χ0) is 14.6. The van der Waals surface area contributed by atoms with Crippen molar-refractivity contribution in [3.8, 4) is 0 Å². The average Bonchev–Trinajstić information content (AvgIpc) is 2.85. The molecule has 1 aromatic heterocycles. The lowest BCUT2D eigenvalue weighted by Crippen LogP contribution is -2.37. The highest BCUT2D eigenvalue weighted by Gasteiger charge is 2.26. The van der Waals surface area contributed by atoms with Gasteiger partial charge in [-0.05, 0) is 25.2 Å². The summed E-state index contributed by atoms with van der Waals surface area (Å²) >= 11 is 1.68. The van der Waals surface area contributed by atoms with Crippen LogP contribution in [0, 0.1) is 5.41 Å². The monoisotopic (exact) mass is 296 g/mol. The largest absolute Gasteiger partial charge is 0.466 e. The Labute approximate surface area is 125 Å². The number of ether oxygens (including phenoxy) is 1. The molecule has 2 heterocycles. The lowest BCUT2D eigenvalue weighted by Gasteiger charge is -2.36. The molecule has 0 saturated carbocycles. The van der Waals surface area contributed by atoms with Crippen LogP contribution >= 0.6 is 11.3 Å². The molecule has 0 N–H and O–H groups in total. The number of aryl methyl sites for hydroxylation is 1. The third kappa shape index (κ3) is 4.20. The lowest BCUT2D eigenvalue weighted by atomic mass is 9.83. The highest BCUT2D eigenvalue weighted by molar-refractivity contribution is 7.13. The van der Waals surface area contributed by atoms with Crippen LogP contribution in [-0.2, 0) is 16.0 Å². The van der Waals surface area contributed by atoms with E-state index < -0.39 is 0 Å². The van der Waals surface area contributed by atoms with Crippen LogP contribution in [0.2, 0.25) is 0 Å². The number of rotatable bonds is 5. The number of hydrogen-bond acceptors (Lipinski definition) is 5. The zero-order valence-electron chi connectivity index (χ0n) is 12.6. The van der Waals surface area contributed by atoms with Crippen LogP contribution < -0.4 is 4.90 Å². The van der Waals surface area contributed by atoms with Gasteiger partial charge in [0.15, 0.2) is 5.13 Å². The van der Waals surface area contributed by atoms with E-state index in [4.69, 9.17) is 4.74 Å². The molecule has 1 saturated heterocycles. The lowest BCUT2D eigenvalue weighted by molar-refractivity contribution is -0.143. The summed E-state index contributed by atoms with van der Waals surface area (Å²) in [5.74, 6) is -0.137. The first kappa shape index (κ1) is 15.3. The number of anilines is 1. The molecule has 0 aromatic carbocycles. The van der Waals surface area contributed by atoms with Gasteiger partial charge in [0.2, 0.25) is 0 Å². The van der Waals surface area contributed by atoms with Gasteiger partial charge in [0, 0.05) is 24.9 Å². The number of carbonyl (C=O) groups excluding carboxylic acids is 1. The minimum absolute atomic E-state index is 0.137. The molecule has 2 rings (SSSR count). The number of aromatic nitrogens is 1. The van der Waals surface area contributed by atoms with Crippen molar-refractivity contribution in [1.82, 2.24) is 4.98 Å². The van der Waals surface area contributed by atoms with E-state index in [1.165, 1.54) is 12.8 Å². The van der Waals surface area contributed by atoms with Crippen molar-refractivity contribution in [1.29, 1.82) is 0 Å². The fourth-order valence-corrected chi connectivity index (χ4v) is 3.24. The van der Waals surface area contributed by atoms with Crippen molar-refractivity contribution in [3.63, 3.8) is 0 Å². The number of esters is 1. The zero-order valence-corrected chi connectivity index (χ0v) is 13.5. The van der Waals surface area contributed by atoms with Crippen molar-refractivity contribution < 1.29 is 9.53 Å². The summed E-state index contributed by atoms with van der Waals surface area (Å²) < 4.78 is 4.94. The minimum Gasteiger partial charge on any atom is -0.466 e. The number of nitrogens with zero attached hydrogens (tertiary/aromatic N) is 2. The van der Waals surface area contributed by atoms with Gasteiger partial charge in [-0.2, -0.15) is 0 Å². The fourth-order valence-electron chi connectivity index (χ4n) is 2.32. The second-order valence-electron chi connectivity index (χ2n) is 6.08. The summed E-state index contributed by atoms with van der Waals surface area (Å²) in [6, 6.07) is 0. The molecule has 112 valence electrons. The van der Waals surface area contributed by atoms with E-state index in [9.17, 15) is 4.79 Å². The van der Waals surface area contributed by atoms with Crippen LogP contribution in [0.15, 0.2) is 5.38 Å². The van der Waals surface area contributed by atoms with Crippen LogP contribution in [0.4, 0.5) is 5.13 Å². The van der Waals surface area contributed by atoms with Crippen molar-refractivity contribution in [2.75, 3.05) is 24.6 Å². The maximum Gasteiger partial charge on any atom is 0.306 e. The Morgan fingerprint density at radius 1 is 1.45 bits per heavy atom. The Morgan fingerprint density at radius 2 is 2.15 bits per heavy atom. The van der Waals surface area contributed by atoms with Gasteiger partial charge in [0.25, 0.3) is 0 Å². The molecule has 0 atom stereocenters. The molecule has 0 amide bonds. The fraction of sp³-hybridized carbons (Fsp3) is 0.733. The van der Waals surface area contributed by atoms with Crippen molar-refractivity contribution in [2.45, 2.75) is 46.5 Å². The number of thiazole rings is 1. The molecular weight excluding hydrogens is 272 g/mol. The average molecular weight is 296 g/mol. The summed E-state index contributed by atoms with van der Waals surface area (Å²) in [6.07, 6.45) is 3.52. The van der Waals surface area contributed by atoms with Crippen molar-refractivity contribution in [2.24, 2.45) is 5.41 Å². The highest BCUT2D eigenvalue weighted by atomic mass is 32.1. The summed E-state index contributed by atoms with van der Waals surface area (Å²) in [6.45, 7) is 9.10. The standard InChI is InChI=1S/C15H24N2O2S/c1-4-19-13(18)6-5-12-11-20-14(16-12)17-9-7-15(2,3)8-10-17/h11H,4-10H2,1-3H3. The smallest absolute Gasteiger partial charge is 0.306 e. The maximum atomic E-state index is 11.3. The van der Waals surface area contributed by atoms with Crippen molar-refractivity contribution >= 4 is 22.4 Å². The molecule has 0 radical (unpaired) electrons. The van der Waals surface area contributed by atoms with E-state index >= 15 is 0 Å². The molecule has 0 aliphatic carbocycles. The topological polar surface area (TPSA) is 42.4 Å². The SMILES string of the molecule is CCOC(=O)CCc1csc(N2CCC(C)(C)CC2)n1. The van der Waals surface area contributed by atoms with E-state index in [0.717, 1.165) is 23.9 Å². The number of carbonyl (C=O) groups is 1. The maximum absolute atomic E-state index is 11.3. The van der Waals surface area contributed by atoms with E-state index in [1.807, 2.05) is 6.92 Å². The molecular formula is C15H24N2O2S. The summed E-state index contributed by atoms with van der Waals surface area (Å²) in [4.78, 5) is 18.4. The van der Waals surface area contributed by atoms with Crippen LogP contribution in [0.3, 0.4) is 0 Å². The molecule has 0 unspecified atom stereocenters. The van der Waals surface area contributed by atoms with E-state index in [1.54, 1.807) is 11.3 Å². The first-order valence-corrected chi connectivity index (χ1v) is 8.23. The second kappa shape index (κ2) is 6.57. The first-order valence-electron chi connectivity index (χ1n) is 7.35. The molecule has 0 spiro atoms. The Morgan fingerprint density at radius 3 is 2.80 bits per heavy atom. The first-order chi connectivity index (χ1) is 9.50. The molecule has 5 heteroatoms. The van der Waals surface area contributed by atoms with E-state index in [0.29, 0.717) is 24.9 Å². The van der Waals surface area contributed by atoms with Gasteiger partial charge in [-0.15, -0.1) is 11.3 Å². The Kier molecular flexibility index (Phi) is 5.02. The molecule has 1 aliphatic heterocycles. The van der Waals surface area contributed by atoms with E-state index in [-0.39, 0.29) is 5.97 Å². The molecule has 20 heavy (non-hydrogen) atoms. The quantitative estimate of drug-likeness (QED) is 0.782. The normalized spacial score (nSPS) is 18.1. The highest BCUT2D eigenvalue weighted by Crippen LogP contribution is 2.33. The molecule has 1 fully saturated rings. The third-order valence-electron chi connectivity index (χ3n) is 3.82. The number of piperidine rings is 1. The van der Waals surface area contributed by atoms with Crippen LogP contribution in [0.1, 0.15) is 45.7 Å². The number of hydrogen-bond donors (Lipinski definition) is 0. The van der Waals surface area contributed by atoms with Crippen LogP contribution in [0.25, 0.3) is 0 Å². The summed E-state index contributed by atoms with van der Waals surface area (Å²) in [7, 11) is 0. The summed E-state index contributed by atoms with van der Waals surface area (Å²) in [5.41, 5.74) is 1.46. The van der Waals surface area contributed by atoms with Gasteiger partial charge in [-0.3, -0.25) is 4.79 Å². The van der Waals surface area contributed by atoms with E-state index in [2.05, 4.69) is 29.1 Å². The Balaban J connectivity index is 1.85. The molecule has 1 aliphatic rings. The third-order valence-corrected chi connectivity index (χ3v) is 4.77. The van der Waals surface area contributed by atoms with Gasteiger partial charge in [0.1, 0.15) is 0 Å². The van der Waals surface area contributed by atoms with Crippen LogP contribution in [0.5, 0.6) is 0 Å².